The van der Waals surface area contributed by atoms with Gasteiger partial charge in [0, 0.05) is 17.5 Å². The SMILES string of the molecule is COC(=O)CNCc1coc2ccccc12. The zero-order chi connectivity index (χ0) is 11.4. The summed E-state index contributed by atoms with van der Waals surface area (Å²) in [5, 5.41) is 4.07. The molecule has 2 aromatic rings. The van der Waals surface area contributed by atoms with Gasteiger partial charge < -0.3 is 14.5 Å². The zero-order valence-electron chi connectivity index (χ0n) is 9.03. The summed E-state index contributed by atoms with van der Waals surface area (Å²) in [5.41, 5.74) is 1.90. The van der Waals surface area contributed by atoms with Crippen LogP contribution in [0, 0.1) is 0 Å². The van der Waals surface area contributed by atoms with Crippen LogP contribution in [0.1, 0.15) is 5.56 Å². The maximum Gasteiger partial charge on any atom is 0.319 e. The topological polar surface area (TPSA) is 51.5 Å². The number of benzene rings is 1. The normalized spacial score (nSPS) is 10.6. The van der Waals surface area contributed by atoms with E-state index in [-0.39, 0.29) is 12.5 Å². The highest BCUT2D eigenvalue weighted by Crippen LogP contribution is 2.20. The Hall–Kier alpha value is -1.81. The summed E-state index contributed by atoms with van der Waals surface area (Å²) in [4.78, 5) is 10.9. The highest BCUT2D eigenvalue weighted by Gasteiger charge is 2.05. The van der Waals surface area contributed by atoms with Crippen LogP contribution >= 0.6 is 0 Å². The summed E-state index contributed by atoms with van der Waals surface area (Å²) >= 11 is 0. The number of para-hydroxylation sites is 1. The van der Waals surface area contributed by atoms with Gasteiger partial charge in [0.15, 0.2) is 0 Å². The molecule has 0 spiro atoms. The van der Waals surface area contributed by atoms with Gasteiger partial charge in [0.2, 0.25) is 0 Å². The molecule has 0 bridgehead atoms. The molecule has 84 valence electrons. The van der Waals surface area contributed by atoms with Crippen LogP contribution in [0.3, 0.4) is 0 Å². The van der Waals surface area contributed by atoms with Gasteiger partial charge in [0.05, 0.1) is 19.9 Å². The molecule has 1 aromatic carbocycles. The Balaban J connectivity index is 2.02. The molecule has 0 saturated carbocycles. The molecule has 0 aliphatic rings. The Morgan fingerprint density at radius 2 is 2.25 bits per heavy atom. The lowest BCUT2D eigenvalue weighted by atomic mass is 10.2. The van der Waals surface area contributed by atoms with Crippen LogP contribution in [0.15, 0.2) is 34.9 Å². The number of methoxy groups -OCH3 is 1. The Bertz CT molecular complexity index is 490. The molecule has 0 saturated heterocycles. The number of nitrogens with one attached hydrogen (secondary N) is 1. The fourth-order valence-electron chi connectivity index (χ4n) is 1.54. The highest BCUT2D eigenvalue weighted by atomic mass is 16.5. The van der Waals surface area contributed by atoms with Crippen molar-refractivity contribution in [3.8, 4) is 0 Å². The summed E-state index contributed by atoms with van der Waals surface area (Å²) in [5.74, 6) is -0.271. The third kappa shape index (κ3) is 2.23. The minimum atomic E-state index is -0.271. The molecule has 16 heavy (non-hydrogen) atoms. The molecule has 0 aliphatic heterocycles. The third-order valence-electron chi connectivity index (χ3n) is 2.37. The Labute approximate surface area is 93.2 Å². The third-order valence-corrected chi connectivity index (χ3v) is 2.37. The van der Waals surface area contributed by atoms with Crippen LogP contribution in [0.5, 0.6) is 0 Å². The second-order valence-corrected chi connectivity index (χ2v) is 3.44. The lowest BCUT2D eigenvalue weighted by Gasteiger charge is -2.01. The van der Waals surface area contributed by atoms with E-state index in [1.165, 1.54) is 7.11 Å². The van der Waals surface area contributed by atoms with E-state index in [4.69, 9.17) is 4.42 Å². The number of hydrogen-bond acceptors (Lipinski definition) is 4. The predicted octanol–water partition coefficient (Wildman–Crippen LogP) is 1.70. The quantitative estimate of drug-likeness (QED) is 0.795. The number of carbonyl (C=O) groups is 1. The lowest BCUT2D eigenvalue weighted by molar-refractivity contribution is -0.139. The van der Waals surface area contributed by atoms with E-state index < -0.39 is 0 Å². The summed E-state index contributed by atoms with van der Waals surface area (Å²) in [7, 11) is 1.37. The van der Waals surface area contributed by atoms with Crippen LogP contribution in [0.25, 0.3) is 11.0 Å². The largest absolute Gasteiger partial charge is 0.468 e. The van der Waals surface area contributed by atoms with Crippen molar-refractivity contribution in [1.82, 2.24) is 5.32 Å². The first-order chi connectivity index (χ1) is 7.81. The van der Waals surface area contributed by atoms with Gasteiger partial charge >= 0.3 is 5.97 Å². The van der Waals surface area contributed by atoms with Crippen LogP contribution in [0.4, 0.5) is 0 Å². The first-order valence-electron chi connectivity index (χ1n) is 5.04. The van der Waals surface area contributed by atoms with Crippen molar-refractivity contribution in [2.75, 3.05) is 13.7 Å². The zero-order valence-corrected chi connectivity index (χ0v) is 9.03. The van der Waals surface area contributed by atoms with Gasteiger partial charge in [-0.3, -0.25) is 4.79 Å². The molecule has 0 aliphatic carbocycles. The van der Waals surface area contributed by atoms with Gasteiger partial charge in [-0.25, -0.2) is 0 Å². The van der Waals surface area contributed by atoms with Crippen molar-refractivity contribution in [3.63, 3.8) is 0 Å². The van der Waals surface area contributed by atoms with Crippen LogP contribution in [-0.4, -0.2) is 19.6 Å². The van der Waals surface area contributed by atoms with Crippen LogP contribution < -0.4 is 5.32 Å². The van der Waals surface area contributed by atoms with Gasteiger partial charge in [0.25, 0.3) is 0 Å². The fraction of sp³-hybridized carbons (Fsp3) is 0.250. The van der Waals surface area contributed by atoms with Gasteiger partial charge in [-0.05, 0) is 6.07 Å². The van der Waals surface area contributed by atoms with Gasteiger partial charge in [-0.2, -0.15) is 0 Å². The van der Waals surface area contributed by atoms with Gasteiger partial charge in [-0.1, -0.05) is 18.2 Å². The van der Waals surface area contributed by atoms with Gasteiger partial charge in [0.1, 0.15) is 5.58 Å². The van der Waals surface area contributed by atoms with Crippen molar-refractivity contribution in [3.05, 3.63) is 36.1 Å². The number of carbonyl (C=O) groups excluding carboxylic acids is 1. The highest BCUT2D eigenvalue weighted by molar-refractivity contribution is 5.80. The number of furan rings is 1. The molecule has 2 rings (SSSR count). The number of hydrogen-bond donors (Lipinski definition) is 1. The molecule has 0 amide bonds. The molecule has 0 unspecified atom stereocenters. The van der Waals surface area contributed by atoms with E-state index in [2.05, 4.69) is 10.1 Å². The van der Waals surface area contributed by atoms with E-state index in [9.17, 15) is 4.79 Å². The minimum Gasteiger partial charge on any atom is -0.468 e. The lowest BCUT2D eigenvalue weighted by Crippen LogP contribution is -2.23. The molecule has 0 atom stereocenters. The minimum absolute atomic E-state index is 0.204. The number of esters is 1. The molecule has 4 nitrogen and oxygen atoms in total. The number of fused-ring (bicyclic) bond motifs is 1. The second kappa shape index (κ2) is 4.81. The smallest absolute Gasteiger partial charge is 0.319 e. The van der Waals surface area contributed by atoms with Crippen LogP contribution in [0.2, 0.25) is 0 Å². The van der Waals surface area contributed by atoms with Crippen molar-refractivity contribution in [2.24, 2.45) is 0 Å². The predicted molar refractivity (Wildman–Crippen MR) is 59.9 cm³/mol. The van der Waals surface area contributed by atoms with E-state index in [1.54, 1.807) is 6.26 Å². The van der Waals surface area contributed by atoms with E-state index in [1.807, 2.05) is 24.3 Å². The molecule has 1 aromatic heterocycles. The molecule has 0 radical (unpaired) electrons. The average molecular weight is 219 g/mol. The Kier molecular flexibility index (Phi) is 3.22. The summed E-state index contributed by atoms with van der Waals surface area (Å²) < 4.78 is 9.91. The van der Waals surface area contributed by atoms with E-state index in [0.717, 1.165) is 16.5 Å². The molecule has 1 heterocycles. The number of ether oxygens (including phenoxy) is 1. The second-order valence-electron chi connectivity index (χ2n) is 3.44. The van der Waals surface area contributed by atoms with Crippen molar-refractivity contribution < 1.29 is 13.9 Å². The summed E-state index contributed by atoms with van der Waals surface area (Å²) in [6.45, 7) is 0.794. The maximum absolute atomic E-state index is 10.9. The Morgan fingerprint density at radius 1 is 1.44 bits per heavy atom. The summed E-state index contributed by atoms with van der Waals surface area (Å²) in [6, 6.07) is 7.80. The number of rotatable bonds is 4. The molecule has 1 N–H and O–H groups in total. The average Bonchev–Trinajstić information content (AvgIpc) is 2.73. The van der Waals surface area contributed by atoms with E-state index >= 15 is 0 Å². The van der Waals surface area contributed by atoms with Crippen molar-refractivity contribution in [1.29, 1.82) is 0 Å². The first-order valence-corrected chi connectivity index (χ1v) is 5.04. The van der Waals surface area contributed by atoms with Crippen molar-refractivity contribution >= 4 is 16.9 Å². The molecule has 0 fully saturated rings. The molecule has 4 heteroatoms. The standard InChI is InChI=1S/C12H13NO3/c1-15-12(14)7-13-6-9-8-16-11-5-3-2-4-10(9)11/h2-5,8,13H,6-7H2,1H3. The van der Waals surface area contributed by atoms with Crippen LogP contribution in [-0.2, 0) is 16.1 Å². The Morgan fingerprint density at radius 3 is 3.06 bits per heavy atom. The molecular formula is C12H13NO3. The summed E-state index contributed by atoms with van der Waals surface area (Å²) in [6.07, 6.45) is 1.70. The van der Waals surface area contributed by atoms with E-state index in [0.29, 0.717) is 6.54 Å². The maximum atomic E-state index is 10.9. The van der Waals surface area contributed by atoms with Gasteiger partial charge in [-0.15, -0.1) is 0 Å². The fourth-order valence-corrected chi connectivity index (χ4v) is 1.54. The monoisotopic (exact) mass is 219 g/mol. The molecular weight excluding hydrogens is 206 g/mol. The van der Waals surface area contributed by atoms with Crippen molar-refractivity contribution in [2.45, 2.75) is 6.54 Å². The first kappa shape index (κ1) is 10.7.